The van der Waals surface area contributed by atoms with Crippen LogP contribution in [0.1, 0.15) is 55.2 Å². The fourth-order valence-electron chi connectivity index (χ4n) is 4.30. The molecule has 1 N–H and O–H groups in total. The van der Waals surface area contributed by atoms with Crippen LogP contribution in [-0.2, 0) is 17.7 Å². The van der Waals surface area contributed by atoms with Crippen LogP contribution < -0.4 is 5.32 Å². The van der Waals surface area contributed by atoms with Crippen molar-refractivity contribution in [3.8, 4) is 0 Å². The number of hydrogen-bond donors (Lipinski definition) is 1. The van der Waals surface area contributed by atoms with Gasteiger partial charge < -0.3 is 10.1 Å². The number of amides is 1. The molecule has 1 aliphatic heterocycles. The molecule has 0 aliphatic carbocycles. The Hall–Kier alpha value is -1.75. The Morgan fingerprint density at radius 2 is 1.84 bits per heavy atom. The van der Waals surface area contributed by atoms with Gasteiger partial charge in [-0.3, -0.25) is 4.90 Å². The molecule has 0 saturated carbocycles. The molecule has 1 aliphatic rings. The van der Waals surface area contributed by atoms with Gasteiger partial charge in [0.2, 0.25) is 0 Å². The minimum absolute atomic E-state index is 0.347. The summed E-state index contributed by atoms with van der Waals surface area (Å²) in [6, 6.07) is 14.7. The van der Waals surface area contributed by atoms with Gasteiger partial charge in [-0.2, -0.15) is 0 Å². The number of hydrogen-bond acceptors (Lipinski definition) is 3. The molecule has 3 rings (SSSR count). The molecule has 0 unspecified atom stereocenters. The fraction of sp³-hybridized carbons (Fsp3) is 0.480. The minimum Gasteiger partial charge on any atom is -0.450 e. The number of piperidine rings is 1. The van der Waals surface area contributed by atoms with E-state index < -0.39 is 0 Å². The summed E-state index contributed by atoms with van der Waals surface area (Å²) in [4.78, 5) is 13.9. The number of unbranched alkanes of at least 4 members (excludes halogenated alkanes) is 1. The molecule has 4 nitrogen and oxygen atoms in total. The lowest BCUT2D eigenvalue weighted by Crippen LogP contribution is -2.32. The first-order chi connectivity index (χ1) is 15.1. The number of carbonyl (C=O) groups excluding carboxylic acids is 1. The van der Waals surface area contributed by atoms with Gasteiger partial charge in [0.05, 0.1) is 16.7 Å². The van der Waals surface area contributed by atoms with Crippen LogP contribution in [0.15, 0.2) is 42.5 Å². The van der Waals surface area contributed by atoms with Crippen molar-refractivity contribution >= 4 is 29.3 Å². The van der Waals surface area contributed by atoms with Gasteiger partial charge in [0.1, 0.15) is 0 Å². The van der Waals surface area contributed by atoms with Crippen LogP contribution in [0.2, 0.25) is 10.0 Å². The first-order valence-corrected chi connectivity index (χ1v) is 12.0. The smallest absolute Gasteiger partial charge is 0.407 e. The Morgan fingerprint density at radius 3 is 2.55 bits per heavy atom. The monoisotopic (exact) mass is 462 g/mol. The summed E-state index contributed by atoms with van der Waals surface area (Å²) in [7, 11) is 0. The van der Waals surface area contributed by atoms with E-state index in [1.54, 1.807) is 6.92 Å². The molecule has 6 heteroatoms. The number of halogens is 2. The number of alkyl carbamates (subject to hydrolysis) is 1. The van der Waals surface area contributed by atoms with E-state index in [9.17, 15) is 4.79 Å². The minimum atomic E-state index is -0.347. The number of ether oxygens (including phenoxy) is 1. The van der Waals surface area contributed by atoms with E-state index in [1.807, 2.05) is 6.07 Å². The highest BCUT2D eigenvalue weighted by Crippen LogP contribution is 2.39. The van der Waals surface area contributed by atoms with Crippen LogP contribution >= 0.6 is 23.2 Å². The first-order valence-electron chi connectivity index (χ1n) is 11.2. The number of nitrogens with one attached hydrogen (secondary N) is 1. The Morgan fingerprint density at radius 1 is 1.10 bits per heavy atom. The van der Waals surface area contributed by atoms with E-state index in [0.717, 1.165) is 51.7 Å². The molecule has 1 heterocycles. The van der Waals surface area contributed by atoms with Gasteiger partial charge in [-0.25, -0.2) is 4.79 Å². The van der Waals surface area contributed by atoms with Gasteiger partial charge >= 0.3 is 6.09 Å². The van der Waals surface area contributed by atoms with Crippen LogP contribution in [0.25, 0.3) is 0 Å². The Balaban J connectivity index is 1.55. The molecule has 0 spiro atoms. The van der Waals surface area contributed by atoms with Crippen molar-refractivity contribution in [2.75, 3.05) is 26.2 Å². The lowest BCUT2D eigenvalue weighted by atomic mass is 9.85. The largest absolute Gasteiger partial charge is 0.450 e. The van der Waals surface area contributed by atoms with Gasteiger partial charge in [0.15, 0.2) is 0 Å². The maximum Gasteiger partial charge on any atom is 0.407 e. The molecule has 168 valence electrons. The van der Waals surface area contributed by atoms with Crippen molar-refractivity contribution in [2.45, 2.75) is 51.5 Å². The molecule has 1 saturated heterocycles. The molecule has 2 aromatic carbocycles. The molecule has 1 amide bonds. The van der Waals surface area contributed by atoms with E-state index >= 15 is 0 Å². The van der Waals surface area contributed by atoms with Crippen LogP contribution in [0.5, 0.6) is 0 Å². The van der Waals surface area contributed by atoms with Crippen LogP contribution in [0.3, 0.4) is 0 Å². The van der Waals surface area contributed by atoms with Crippen LogP contribution in [0, 0.1) is 0 Å². The number of likely N-dealkylation sites (tertiary alicyclic amines) is 1. The zero-order valence-corrected chi connectivity index (χ0v) is 19.7. The van der Waals surface area contributed by atoms with Crippen LogP contribution in [0.4, 0.5) is 4.79 Å². The van der Waals surface area contributed by atoms with Gasteiger partial charge in [-0.05, 0) is 80.8 Å². The second kappa shape index (κ2) is 12.3. The lowest BCUT2D eigenvalue weighted by Gasteiger charge is -2.33. The molecule has 1 fully saturated rings. The molecule has 31 heavy (non-hydrogen) atoms. The van der Waals surface area contributed by atoms with E-state index in [1.165, 1.54) is 16.7 Å². The molecule has 0 aromatic heterocycles. The summed E-state index contributed by atoms with van der Waals surface area (Å²) in [5.41, 5.74) is 3.87. The van der Waals surface area contributed by atoms with Gasteiger partial charge in [0.25, 0.3) is 0 Å². The fourth-order valence-corrected chi connectivity index (χ4v) is 4.80. The topological polar surface area (TPSA) is 41.6 Å². The number of carbonyl (C=O) groups is 1. The summed E-state index contributed by atoms with van der Waals surface area (Å²) < 4.78 is 4.89. The second-order valence-corrected chi connectivity index (χ2v) is 8.86. The highest BCUT2D eigenvalue weighted by molar-refractivity contribution is 6.42. The standard InChI is InChI=1S/C25H32Cl2N2O2/c1-2-31-25(30)28-15-7-6-10-20-11-12-22(26)24(27)23(20)21-13-16-29(17-14-21)18-19-8-4-3-5-9-19/h3-5,8-9,11-12,21H,2,6-7,10,13-18H2,1H3,(H,28,30). The number of rotatable bonds is 9. The van der Waals surface area contributed by atoms with E-state index in [-0.39, 0.29) is 6.09 Å². The molecule has 0 atom stereocenters. The Labute approximate surface area is 195 Å². The van der Waals surface area contributed by atoms with Gasteiger partial charge in [-0.15, -0.1) is 0 Å². The summed E-state index contributed by atoms with van der Waals surface area (Å²) in [6.45, 7) is 5.93. The zero-order valence-electron chi connectivity index (χ0n) is 18.2. The van der Waals surface area contributed by atoms with Crippen molar-refractivity contribution in [1.29, 1.82) is 0 Å². The quantitative estimate of drug-likeness (QED) is 0.435. The third-order valence-electron chi connectivity index (χ3n) is 5.89. The van der Waals surface area contributed by atoms with Crippen molar-refractivity contribution in [3.63, 3.8) is 0 Å². The maximum absolute atomic E-state index is 11.4. The van der Waals surface area contributed by atoms with Crippen molar-refractivity contribution in [1.82, 2.24) is 10.2 Å². The summed E-state index contributed by atoms with van der Waals surface area (Å²) in [5, 5.41) is 4.13. The number of aryl methyl sites for hydroxylation is 1. The number of nitrogens with zero attached hydrogens (tertiary/aromatic N) is 1. The highest BCUT2D eigenvalue weighted by Gasteiger charge is 2.25. The van der Waals surface area contributed by atoms with E-state index in [0.29, 0.717) is 29.1 Å². The van der Waals surface area contributed by atoms with E-state index in [4.69, 9.17) is 27.9 Å². The summed E-state index contributed by atoms with van der Waals surface area (Å²) in [5.74, 6) is 0.436. The second-order valence-electron chi connectivity index (χ2n) is 8.07. The number of benzene rings is 2. The van der Waals surface area contributed by atoms with Crippen molar-refractivity contribution < 1.29 is 9.53 Å². The predicted molar refractivity (Wildman–Crippen MR) is 128 cm³/mol. The predicted octanol–water partition coefficient (Wildman–Crippen LogP) is 6.44. The SMILES string of the molecule is CCOC(=O)NCCCCc1ccc(Cl)c(Cl)c1C1CCN(Cc2ccccc2)CC1. The average Bonchev–Trinajstić information content (AvgIpc) is 2.78. The summed E-state index contributed by atoms with van der Waals surface area (Å²) >= 11 is 13.1. The molecule has 2 aromatic rings. The van der Waals surface area contributed by atoms with Crippen molar-refractivity contribution in [3.05, 3.63) is 69.2 Å². The normalized spacial score (nSPS) is 15.1. The third kappa shape index (κ3) is 7.13. The first kappa shape index (κ1) is 23.9. The van der Waals surface area contributed by atoms with Gasteiger partial charge in [-0.1, -0.05) is 59.6 Å². The Kier molecular flexibility index (Phi) is 9.51. The van der Waals surface area contributed by atoms with Crippen molar-refractivity contribution in [2.24, 2.45) is 0 Å². The zero-order chi connectivity index (χ0) is 22.1. The maximum atomic E-state index is 11.4. The molecular weight excluding hydrogens is 431 g/mol. The molecule has 0 bridgehead atoms. The Bertz CT molecular complexity index is 837. The average molecular weight is 463 g/mol. The molecule has 0 radical (unpaired) electrons. The lowest BCUT2D eigenvalue weighted by molar-refractivity contribution is 0.152. The van der Waals surface area contributed by atoms with E-state index in [2.05, 4.69) is 46.6 Å². The molecular formula is C25H32Cl2N2O2. The highest BCUT2D eigenvalue weighted by atomic mass is 35.5. The van der Waals surface area contributed by atoms with Gasteiger partial charge in [0, 0.05) is 13.1 Å². The van der Waals surface area contributed by atoms with Crippen LogP contribution in [-0.4, -0.2) is 37.2 Å². The summed E-state index contributed by atoms with van der Waals surface area (Å²) in [6.07, 6.45) is 4.63. The third-order valence-corrected chi connectivity index (χ3v) is 6.70.